The zero-order chi connectivity index (χ0) is 11.8. The normalized spacial score (nSPS) is 20.3. The summed E-state index contributed by atoms with van der Waals surface area (Å²) >= 11 is 6.01. The molecule has 88 valence electrons. The van der Waals surface area contributed by atoms with Crippen molar-refractivity contribution in [1.29, 1.82) is 0 Å². The molecule has 0 atom stereocenters. The third-order valence-electron chi connectivity index (χ3n) is 3.71. The van der Waals surface area contributed by atoms with E-state index >= 15 is 0 Å². The van der Waals surface area contributed by atoms with E-state index in [-0.39, 0.29) is 5.91 Å². The number of halogens is 1. The minimum absolute atomic E-state index is 0.0471. The number of nitrogens with zero attached hydrogens (tertiary/aromatic N) is 1. The molecule has 0 bridgehead atoms. The van der Waals surface area contributed by atoms with E-state index in [9.17, 15) is 4.79 Å². The Morgan fingerprint density at radius 1 is 1.18 bits per heavy atom. The maximum atomic E-state index is 12.0. The lowest BCUT2D eigenvalue weighted by Crippen LogP contribution is -2.26. The van der Waals surface area contributed by atoms with Crippen LogP contribution >= 0.6 is 11.6 Å². The Morgan fingerprint density at radius 3 is 2.71 bits per heavy atom. The van der Waals surface area contributed by atoms with Gasteiger partial charge in [-0.05, 0) is 37.0 Å². The lowest BCUT2D eigenvalue weighted by molar-refractivity contribution is -0.113. The molecule has 17 heavy (non-hydrogen) atoms. The lowest BCUT2D eigenvalue weighted by atomic mass is 9.83. The Kier molecular flexibility index (Phi) is 2.75. The number of carbonyl (C=O) groups is 1. The van der Waals surface area contributed by atoms with Gasteiger partial charge in [-0.15, -0.1) is 0 Å². The Labute approximate surface area is 105 Å². The van der Waals surface area contributed by atoms with E-state index in [4.69, 9.17) is 11.6 Å². The quantitative estimate of drug-likeness (QED) is 0.748. The Morgan fingerprint density at radius 2 is 1.94 bits per heavy atom. The van der Waals surface area contributed by atoms with Gasteiger partial charge in [0.25, 0.3) is 5.91 Å². The molecule has 0 saturated heterocycles. The first-order valence-electron chi connectivity index (χ1n) is 6.18. The summed E-state index contributed by atoms with van der Waals surface area (Å²) in [6.07, 6.45) is 5.96. The molecule has 1 aliphatic heterocycles. The molecule has 1 fully saturated rings. The molecule has 3 rings (SSSR count). The molecule has 3 heteroatoms. The predicted octanol–water partition coefficient (Wildman–Crippen LogP) is 2.23. The molecular formula is C14H14ClNO. The molecule has 2 aliphatic rings. The molecular weight excluding hydrogens is 234 g/mol. The van der Waals surface area contributed by atoms with E-state index < -0.39 is 0 Å². The van der Waals surface area contributed by atoms with Crippen molar-refractivity contribution in [2.24, 2.45) is 10.9 Å². The molecule has 1 saturated carbocycles. The molecule has 0 radical (unpaired) electrons. The van der Waals surface area contributed by atoms with Crippen LogP contribution < -0.4 is 10.6 Å². The fourth-order valence-electron chi connectivity index (χ4n) is 2.89. The third kappa shape index (κ3) is 1.91. The van der Waals surface area contributed by atoms with Crippen molar-refractivity contribution in [3.05, 3.63) is 33.8 Å². The molecule has 1 heterocycles. The summed E-state index contributed by atoms with van der Waals surface area (Å²) in [4.78, 5) is 16.1. The van der Waals surface area contributed by atoms with Crippen molar-refractivity contribution < 1.29 is 4.79 Å². The van der Waals surface area contributed by atoms with Gasteiger partial charge in [-0.25, -0.2) is 4.99 Å². The van der Waals surface area contributed by atoms with Crippen LogP contribution in [0.25, 0.3) is 5.57 Å². The maximum Gasteiger partial charge on any atom is 0.274 e. The van der Waals surface area contributed by atoms with Crippen LogP contribution in [-0.4, -0.2) is 5.91 Å². The molecule has 1 amide bonds. The highest BCUT2D eigenvalue weighted by molar-refractivity contribution is 6.30. The second kappa shape index (κ2) is 4.26. The van der Waals surface area contributed by atoms with Gasteiger partial charge in [0, 0.05) is 15.8 Å². The van der Waals surface area contributed by atoms with Gasteiger partial charge in [0.2, 0.25) is 0 Å². The number of amides is 1. The van der Waals surface area contributed by atoms with E-state index in [0.29, 0.717) is 10.9 Å². The molecule has 0 unspecified atom stereocenters. The van der Waals surface area contributed by atoms with Crippen LogP contribution in [-0.2, 0) is 4.79 Å². The number of rotatable bonds is 1. The smallest absolute Gasteiger partial charge is 0.267 e. The van der Waals surface area contributed by atoms with Gasteiger partial charge < -0.3 is 0 Å². The van der Waals surface area contributed by atoms with Crippen molar-refractivity contribution in [1.82, 2.24) is 0 Å². The van der Waals surface area contributed by atoms with Crippen molar-refractivity contribution in [3.63, 3.8) is 0 Å². The topological polar surface area (TPSA) is 29.4 Å². The summed E-state index contributed by atoms with van der Waals surface area (Å²) in [5, 5.41) is 2.44. The van der Waals surface area contributed by atoms with Crippen molar-refractivity contribution in [3.8, 4) is 0 Å². The van der Waals surface area contributed by atoms with Gasteiger partial charge in [0.1, 0.15) is 0 Å². The SMILES string of the molecule is O=C1N=c2ccc(Cl)cc2=C1C1CCCCC1. The average molecular weight is 248 g/mol. The summed E-state index contributed by atoms with van der Waals surface area (Å²) in [5.41, 5.74) is 0.905. The van der Waals surface area contributed by atoms with Crippen LogP contribution in [0.5, 0.6) is 0 Å². The first kappa shape index (κ1) is 11.0. The molecule has 0 aromatic heterocycles. The van der Waals surface area contributed by atoms with Crippen molar-refractivity contribution in [2.45, 2.75) is 32.1 Å². The molecule has 1 aliphatic carbocycles. The fraction of sp³-hybridized carbons (Fsp3) is 0.429. The maximum absolute atomic E-state index is 12.0. The second-order valence-corrected chi connectivity index (χ2v) is 5.26. The van der Waals surface area contributed by atoms with Crippen LogP contribution in [0.4, 0.5) is 0 Å². The Balaban J connectivity index is 2.16. The van der Waals surface area contributed by atoms with Gasteiger partial charge in [-0.1, -0.05) is 30.9 Å². The van der Waals surface area contributed by atoms with E-state index in [1.54, 1.807) is 6.07 Å². The van der Waals surface area contributed by atoms with Crippen LogP contribution in [0.3, 0.4) is 0 Å². The third-order valence-corrected chi connectivity index (χ3v) is 3.95. The second-order valence-electron chi connectivity index (χ2n) is 4.83. The molecule has 1 aromatic carbocycles. The summed E-state index contributed by atoms with van der Waals surface area (Å²) in [5.74, 6) is 0.342. The van der Waals surface area contributed by atoms with Crippen LogP contribution in [0.15, 0.2) is 23.2 Å². The number of benzene rings is 1. The minimum Gasteiger partial charge on any atom is -0.267 e. The predicted molar refractivity (Wildman–Crippen MR) is 67.2 cm³/mol. The lowest BCUT2D eigenvalue weighted by Gasteiger charge is -2.21. The Bertz CT molecular complexity index is 585. The zero-order valence-electron chi connectivity index (χ0n) is 9.58. The van der Waals surface area contributed by atoms with Gasteiger partial charge >= 0.3 is 0 Å². The van der Waals surface area contributed by atoms with Crippen LogP contribution in [0, 0.1) is 5.92 Å². The number of fused-ring (bicyclic) bond motifs is 1. The van der Waals surface area contributed by atoms with Gasteiger partial charge in [-0.2, -0.15) is 0 Å². The highest BCUT2D eigenvalue weighted by atomic mass is 35.5. The average Bonchev–Trinajstić information content (AvgIpc) is 2.65. The largest absolute Gasteiger partial charge is 0.274 e. The highest BCUT2D eigenvalue weighted by Crippen LogP contribution is 2.31. The van der Waals surface area contributed by atoms with Gasteiger partial charge in [-0.3, -0.25) is 4.79 Å². The molecule has 1 aromatic rings. The molecule has 0 N–H and O–H groups in total. The number of hydrogen-bond donors (Lipinski definition) is 0. The number of carbonyl (C=O) groups excluding carboxylic acids is 1. The minimum atomic E-state index is -0.0471. The van der Waals surface area contributed by atoms with Crippen molar-refractivity contribution >= 4 is 23.1 Å². The van der Waals surface area contributed by atoms with Crippen LogP contribution in [0.1, 0.15) is 32.1 Å². The molecule has 2 nitrogen and oxygen atoms in total. The van der Waals surface area contributed by atoms with E-state index in [2.05, 4.69) is 4.99 Å². The van der Waals surface area contributed by atoms with Gasteiger partial charge in [0.05, 0.1) is 5.36 Å². The van der Waals surface area contributed by atoms with E-state index in [1.165, 1.54) is 19.3 Å². The van der Waals surface area contributed by atoms with Gasteiger partial charge in [0.15, 0.2) is 0 Å². The van der Waals surface area contributed by atoms with Crippen LogP contribution in [0.2, 0.25) is 5.02 Å². The monoisotopic (exact) mass is 247 g/mol. The number of hydrogen-bond acceptors (Lipinski definition) is 1. The standard InChI is InChI=1S/C14H14ClNO/c15-10-6-7-12-11(8-10)13(14(17)16-12)9-4-2-1-3-5-9/h6-9H,1-5H2. The Hall–Kier alpha value is -1.15. The summed E-state index contributed by atoms with van der Waals surface area (Å²) < 4.78 is 0. The first-order chi connectivity index (χ1) is 8.25. The first-order valence-corrected chi connectivity index (χ1v) is 6.56. The summed E-state index contributed by atoms with van der Waals surface area (Å²) in [6, 6.07) is 5.52. The van der Waals surface area contributed by atoms with Crippen molar-refractivity contribution in [2.75, 3.05) is 0 Å². The van der Waals surface area contributed by atoms with E-state index in [1.807, 2.05) is 12.1 Å². The van der Waals surface area contributed by atoms with E-state index in [0.717, 1.165) is 29.0 Å². The molecule has 0 spiro atoms. The fourth-order valence-corrected chi connectivity index (χ4v) is 3.06. The zero-order valence-corrected chi connectivity index (χ0v) is 10.3. The summed E-state index contributed by atoms with van der Waals surface area (Å²) in [6.45, 7) is 0. The highest BCUT2D eigenvalue weighted by Gasteiger charge is 2.26. The summed E-state index contributed by atoms with van der Waals surface area (Å²) in [7, 11) is 0.